The van der Waals surface area contributed by atoms with Gasteiger partial charge in [0.2, 0.25) is 5.91 Å². The number of rotatable bonds is 8. The van der Waals surface area contributed by atoms with E-state index in [0.29, 0.717) is 30.8 Å². The van der Waals surface area contributed by atoms with Crippen LogP contribution in [0.25, 0.3) is 0 Å². The van der Waals surface area contributed by atoms with E-state index in [1.54, 1.807) is 36.4 Å². The molecule has 3 rings (SSSR count). The quantitative estimate of drug-likeness (QED) is 0.475. The van der Waals surface area contributed by atoms with Crippen molar-refractivity contribution in [2.45, 2.75) is 12.8 Å². The van der Waals surface area contributed by atoms with Crippen LogP contribution < -0.4 is 15.4 Å². The van der Waals surface area contributed by atoms with Crippen LogP contribution in [0.2, 0.25) is 0 Å². The Balaban J connectivity index is 1.39. The predicted octanol–water partition coefficient (Wildman–Crippen LogP) is 5.09. The van der Waals surface area contributed by atoms with Gasteiger partial charge in [0.05, 0.1) is 12.9 Å². The van der Waals surface area contributed by atoms with Gasteiger partial charge in [-0.15, -0.1) is 0 Å². The van der Waals surface area contributed by atoms with E-state index in [1.165, 1.54) is 6.26 Å². The van der Waals surface area contributed by atoms with Gasteiger partial charge in [0, 0.05) is 22.3 Å². The van der Waals surface area contributed by atoms with E-state index in [1.807, 2.05) is 24.3 Å². The Kier molecular flexibility index (Phi) is 6.86. The lowest BCUT2D eigenvalue weighted by Crippen LogP contribution is -2.13. The number of furan rings is 1. The first-order valence-corrected chi connectivity index (χ1v) is 9.52. The highest BCUT2D eigenvalue weighted by atomic mass is 79.9. The van der Waals surface area contributed by atoms with Gasteiger partial charge in [0.15, 0.2) is 5.76 Å². The fourth-order valence-corrected chi connectivity index (χ4v) is 2.82. The maximum Gasteiger partial charge on any atom is 0.291 e. The Morgan fingerprint density at radius 3 is 2.39 bits per heavy atom. The van der Waals surface area contributed by atoms with E-state index < -0.39 is 0 Å². The van der Waals surface area contributed by atoms with Crippen molar-refractivity contribution in [3.63, 3.8) is 0 Å². The number of anilines is 2. The Hall–Kier alpha value is -3.06. The van der Waals surface area contributed by atoms with Crippen molar-refractivity contribution in [3.05, 3.63) is 77.2 Å². The first-order valence-electron chi connectivity index (χ1n) is 8.73. The summed E-state index contributed by atoms with van der Waals surface area (Å²) in [6.45, 7) is 0.460. The maximum atomic E-state index is 12.0. The summed E-state index contributed by atoms with van der Waals surface area (Å²) in [5.74, 6) is 0.585. The SMILES string of the molecule is O=C(CCCOc1cccc(Br)c1)Nc1ccc(NC(=O)c2ccco2)cc1. The molecule has 2 aromatic carbocycles. The zero-order valence-electron chi connectivity index (χ0n) is 15.0. The molecule has 0 saturated heterocycles. The van der Waals surface area contributed by atoms with Gasteiger partial charge < -0.3 is 19.8 Å². The van der Waals surface area contributed by atoms with Crippen LogP contribution in [0.3, 0.4) is 0 Å². The third-order valence-electron chi connectivity index (χ3n) is 3.78. The molecule has 0 aliphatic rings. The second kappa shape index (κ2) is 9.75. The predicted molar refractivity (Wildman–Crippen MR) is 111 cm³/mol. The molecule has 0 saturated carbocycles. The number of halogens is 1. The molecular weight excluding hydrogens is 424 g/mol. The summed E-state index contributed by atoms with van der Waals surface area (Å²) in [6, 6.07) is 17.7. The largest absolute Gasteiger partial charge is 0.494 e. The Bertz CT molecular complexity index is 924. The number of carbonyl (C=O) groups excluding carboxylic acids is 2. The van der Waals surface area contributed by atoms with Gasteiger partial charge in [-0.1, -0.05) is 22.0 Å². The normalized spacial score (nSPS) is 10.3. The molecule has 1 heterocycles. The lowest BCUT2D eigenvalue weighted by atomic mass is 10.2. The molecule has 28 heavy (non-hydrogen) atoms. The van der Waals surface area contributed by atoms with E-state index in [9.17, 15) is 9.59 Å². The van der Waals surface area contributed by atoms with E-state index in [-0.39, 0.29) is 17.6 Å². The molecule has 0 spiro atoms. The molecule has 0 radical (unpaired) electrons. The minimum Gasteiger partial charge on any atom is -0.494 e. The van der Waals surface area contributed by atoms with Crippen LogP contribution in [-0.2, 0) is 4.79 Å². The van der Waals surface area contributed by atoms with Gasteiger partial charge in [-0.25, -0.2) is 0 Å². The van der Waals surface area contributed by atoms with Crippen LogP contribution in [0.15, 0.2) is 75.8 Å². The van der Waals surface area contributed by atoms with Gasteiger partial charge in [0.25, 0.3) is 5.91 Å². The van der Waals surface area contributed by atoms with E-state index in [4.69, 9.17) is 9.15 Å². The summed E-state index contributed by atoms with van der Waals surface area (Å²) in [7, 11) is 0. The number of ether oxygens (including phenoxy) is 1. The number of benzene rings is 2. The molecule has 0 bridgehead atoms. The van der Waals surface area contributed by atoms with E-state index >= 15 is 0 Å². The minimum atomic E-state index is -0.327. The zero-order valence-corrected chi connectivity index (χ0v) is 16.6. The zero-order chi connectivity index (χ0) is 19.8. The van der Waals surface area contributed by atoms with E-state index in [2.05, 4.69) is 26.6 Å². The highest BCUT2D eigenvalue weighted by Gasteiger charge is 2.09. The highest BCUT2D eigenvalue weighted by Crippen LogP contribution is 2.18. The summed E-state index contributed by atoms with van der Waals surface area (Å²) in [4.78, 5) is 24.0. The van der Waals surface area contributed by atoms with Crippen LogP contribution in [0.1, 0.15) is 23.4 Å². The van der Waals surface area contributed by atoms with Gasteiger partial charge >= 0.3 is 0 Å². The highest BCUT2D eigenvalue weighted by molar-refractivity contribution is 9.10. The molecule has 0 fully saturated rings. The minimum absolute atomic E-state index is 0.0924. The molecule has 7 heteroatoms. The number of hydrogen-bond donors (Lipinski definition) is 2. The average Bonchev–Trinajstić information content (AvgIpc) is 3.22. The van der Waals surface area contributed by atoms with Crippen molar-refractivity contribution in [2.75, 3.05) is 17.2 Å². The van der Waals surface area contributed by atoms with Crippen LogP contribution >= 0.6 is 15.9 Å². The molecule has 0 unspecified atom stereocenters. The standard InChI is InChI=1S/C21H19BrN2O4/c22-15-4-1-5-18(14-15)27-12-3-7-20(25)23-16-8-10-17(11-9-16)24-21(26)19-6-2-13-28-19/h1-2,4-6,8-11,13-14H,3,7,12H2,(H,23,25)(H,24,26). The molecule has 3 aromatic rings. The fraction of sp³-hybridized carbons (Fsp3) is 0.143. The summed E-state index contributed by atoms with van der Waals surface area (Å²) in [6.07, 6.45) is 2.40. The molecule has 0 aliphatic carbocycles. The van der Waals surface area contributed by atoms with Crippen LogP contribution in [0.4, 0.5) is 11.4 Å². The van der Waals surface area contributed by atoms with Crippen molar-refractivity contribution < 1.29 is 18.7 Å². The lowest BCUT2D eigenvalue weighted by molar-refractivity contribution is -0.116. The molecule has 0 aliphatic heterocycles. The number of carbonyl (C=O) groups is 2. The smallest absolute Gasteiger partial charge is 0.291 e. The Morgan fingerprint density at radius 1 is 0.964 bits per heavy atom. The monoisotopic (exact) mass is 442 g/mol. The van der Waals surface area contributed by atoms with Crippen LogP contribution in [0.5, 0.6) is 5.75 Å². The van der Waals surface area contributed by atoms with Crippen LogP contribution in [0, 0.1) is 0 Å². The van der Waals surface area contributed by atoms with Gasteiger partial charge in [-0.05, 0) is 61.0 Å². The molecular formula is C21H19BrN2O4. The first kappa shape index (κ1) is 19.7. The molecule has 2 N–H and O–H groups in total. The average molecular weight is 443 g/mol. The Labute approximate surface area is 171 Å². The Morgan fingerprint density at radius 2 is 1.71 bits per heavy atom. The third kappa shape index (κ3) is 5.99. The second-order valence-corrected chi connectivity index (χ2v) is 6.88. The maximum absolute atomic E-state index is 12.0. The van der Waals surface area contributed by atoms with Gasteiger partial charge in [0.1, 0.15) is 5.75 Å². The molecule has 0 atom stereocenters. The van der Waals surface area contributed by atoms with Crippen molar-refractivity contribution in [3.8, 4) is 5.75 Å². The van der Waals surface area contributed by atoms with Gasteiger partial charge in [-0.2, -0.15) is 0 Å². The van der Waals surface area contributed by atoms with E-state index in [0.717, 1.165) is 10.2 Å². The first-order chi connectivity index (χ1) is 13.6. The van der Waals surface area contributed by atoms with Crippen molar-refractivity contribution in [2.24, 2.45) is 0 Å². The summed E-state index contributed by atoms with van der Waals surface area (Å²) in [5.41, 5.74) is 1.27. The number of amides is 2. The fourth-order valence-electron chi connectivity index (χ4n) is 2.44. The molecule has 1 aromatic heterocycles. The van der Waals surface area contributed by atoms with Crippen molar-refractivity contribution in [1.29, 1.82) is 0 Å². The van der Waals surface area contributed by atoms with Crippen LogP contribution in [-0.4, -0.2) is 18.4 Å². The van der Waals surface area contributed by atoms with Crippen molar-refractivity contribution in [1.82, 2.24) is 0 Å². The summed E-state index contributed by atoms with van der Waals surface area (Å²) >= 11 is 3.39. The second-order valence-electron chi connectivity index (χ2n) is 5.97. The van der Waals surface area contributed by atoms with Crippen molar-refractivity contribution >= 4 is 39.1 Å². The third-order valence-corrected chi connectivity index (χ3v) is 4.28. The van der Waals surface area contributed by atoms with Gasteiger partial charge in [-0.3, -0.25) is 9.59 Å². The molecule has 144 valence electrons. The molecule has 6 nitrogen and oxygen atoms in total. The lowest BCUT2D eigenvalue weighted by Gasteiger charge is -2.08. The summed E-state index contributed by atoms with van der Waals surface area (Å²) in [5, 5.41) is 5.55. The summed E-state index contributed by atoms with van der Waals surface area (Å²) < 4.78 is 11.6. The topological polar surface area (TPSA) is 80.6 Å². The number of hydrogen-bond acceptors (Lipinski definition) is 4. The number of nitrogens with one attached hydrogen (secondary N) is 2. The molecule has 2 amide bonds.